The molecule has 2 N–H and O–H groups in total. The van der Waals surface area contributed by atoms with Crippen LogP contribution in [0, 0.1) is 5.82 Å². The standard InChI is InChI=1S/C16H18FN3O3.Na/c1-2-19-9-11(16(22)23)15(21)10-7-12(17)14(8-13(10)19)20-5-3-18-4-6-20;/h7-9,18H,2-6H2,1H3,(H,22,23);. The minimum Gasteiger partial charge on any atom is -0.477 e. The van der Waals surface area contributed by atoms with Gasteiger partial charge in [-0.25, -0.2) is 9.18 Å². The number of anilines is 1. The summed E-state index contributed by atoms with van der Waals surface area (Å²) in [6.45, 7) is 5.26. The number of hydrogen-bond donors (Lipinski definition) is 2. The maximum absolute atomic E-state index is 14.5. The number of hydrogen-bond acceptors (Lipinski definition) is 4. The molecule has 8 heteroatoms. The Bertz CT molecular complexity index is 831. The summed E-state index contributed by atoms with van der Waals surface area (Å²) in [7, 11) is 0. The number of aromatic carboxylic acids is 1. The topological polar surface area (TPSA) is 74.6 Å². The average Bonchev–Trinajstić information content (AvgIpc) is 2.55. The molecule has 1 fully saturated rings. The summed E-state index contributed by atoms with van der Waals surface area (Å²) in [5.74, 6) is -1.80. The third-order valence-corrected chi connectivity index (χ3v) is 4.18. The number of piperazine rings is 1. The fourth-order valence-electron chi connectivity index (χ4n) is 2.96. The van der Waals surface area contributed by atoms with Gasteiger partial charge in [0.2, 0.25) is 5.43 Å². The molecule has 123 valence electrons. The number of fused-ring (bicyclic) bond motifs is 1. The number of aryl methyl sites for hydroxylation is 1. The van der Waals surface area contributed by atoms with Gasteiger partial charge in [0.1, 0.15) is 11.4 Å². The van der Waals surface area contributed by atoms with Gasteiger partial charge in [-0.05, 0) is 19.1 Å². The maximum atomic E-state index is 14.5. The van der Waals surface area contributed by atoms with Crippen molar-refractivity contribution in [1.82, 2.24) is 9.88 Å². The van der Waals surface area contributed by atoms with E-state index in [0.29, 0.717) is 30.8 Å². The van der Waals surface area contributed by atoms with E-state index in [9.17, 15) is 14.0 Å². The van der Waals surface area contributed by atoms with Gasteiger partial charge in [0, 0.05) is 73.9 Å². The number of carbonyl (C=O) groups is 1. The molecule has 0 spiro atoms. The summed E-state index contributed by atoms with van der Waals surface area (Å²) in [4.78, 5) is 25.4. The Morgan fingerprint density at radius 2 is 2.00 bits per heavy atom. The minimum atomic E-state index is -1.30. The first kappa shape index (κ1) is 18.9. The van der Waals surface area contributed by atoms with Crippen LogP contribution in [0.25, 0.3) is 10.9 Å². The van der Waals surface area contributed by atoms with Crippen molar-refractivity contribution in [3.63, 3.8) is 0 Å². The Morgan fingerprint density at radius 3 is 2.58 bits per heavy atom. The fraction of sp³-hybridized carbons (Fsp3) is 0.375. The number of nitrogens with one attached hydrogen (secondary N) is 1. The molecular formula is C16H18FN3NaO3. The molecule has 0 amide bonds. The number of nitrogens with zero attached hydrogens (tertiary/aromatic N) is 2. The molecule has 0 aliphatic carbocycles. The molecule has 1 aliphatic rings. The van der Waals surface area contributed by atoms with E-state index in [0.717, 1.165) is 19.2 Å². The van der Waals surface area contributed by atoms with Crippen molar-refractivity contribution in [3.05, 3.63) is 39.9 Å². The summed E-state index contributed by atoms with van der Waals surface area (Å²) < 4.78 is 16.2. The van der Waals surface area contributed by atoms with Crippen molar-refractivity contribution in [3.8, 4) is 0 Å². The second-order valence-electron chi connectivity index (χ2n) is 5.52. The molecule has 3 rings (SSSR count). The van der Waals surface area contributed by atoms with Gasteiger partial charge in [0.05, 0.1) is 11.2 Å². The van der Waals surface area contributed by atoms with Gasteiger partial charge in [0.25, 0.3) is 0 Å². The molecule has 0 unspecified atom stereocenters. The van der Waals surface area contributed by atoms with E-state index < -0.39 is 17.2 Å². The zero-order valence-electron chi connectivity index (χ0n) is 13.8. The van der Waals surface area contributed by atoms with E-state index in [1.807, 2.05) is 11.8 Å². The van der Waals surface area contributed by atoms with Crippen LogP contribution in [0.2, 0.25) is 0 Å². The zero-order valence-corrected chi connectivity index (χ0v) is 15.8. The number of pyridine rings is 1. The Balaban J connectivity index is 0.00000208. The summed E-state index contributed by atoms with van der Waals surface area (Å²) in [5.41, 5.74) is 0.0118. The molecule has 1 radical (unpaired) electrons. The van der Waals surface area contributed by atoms with Crippen LogP contribution in [0.5, 0.6) is 0 Å². The van der Waals surface area contributed by atoms with Gasteiger partial charge in [-0.1, -0.05) is 0 Å². The number of aromatic nitrogens is 1. The molecule has 2 aromatic rings. The first-order valence-corrected chi connectivity index (χ1v) is 7.58. The minimum absolute atomic E-state index is 0. The van der Waals surface area contributed by atoms with Crippen molar-refractivity contribution < 1.29 is 14.3 Å². The van der Waals surface area contributed by atoms with Crippen LogP contribution >= 0.6 is 0 Å². The molecule has 1 aromatic carbocycles. The summed E-state index contributed by atoms with van der Waals surface area (Å²) >= 11 is 0. The Labute approximate surface area is 160 Å². The van der Waals surface area contributed by atoms with Crippen molar-refractivity contribution in [2.45, 2.75) is 13.5 Å². The first-order chi connectivity index (χ1) is 11.0. The van der Waals surface area contributed by atoms with Crippen LogP contribution in [0.3, 0.4) is 0 Å². The quantitative estimate of drug-likeness (QED) is 0.811. The number of carboxylic acid groups (broad SMARTS) is 1. The molecule has 2 heterocycles. The predicted octanol–water partition coefficient (Wildman–Crippen LogP) is 0.887. The number of rotatable bonds is 3. The molecule has 0 bridgehead atoms. The van der Waals surface area contributed by atoms with Gasteiger partial charge in [-0.3, -0.25) is 4.79 Å². The van der Waals surface area contributed by atoms with Crippen molar-refractivity contribution in [2.24, 2.45) is 0 Å². The summed E-state index contributed by atoms with van der Waals surface area (Å²) in [6, 6.07) is 2.81. The van der Waals surface area contributed by atoms with Crippen LogP contribution in [0.4, 0.5) is 10.1 Å². The summed E-state index contributed by atoms with van der Waals surface area (Å²) in [6.07, 6.45) is 1.33. The largest absolute Gasteiger partial charge is 0.477 e. The van der Waals surface area contributed by atoms with Gasteiger partial charge >= 0.3 is 5.97 Å². The van der Waals surface area contributed by atoms with Gasteiger partial charge in [-0.2, -0.15) is 0 Å². The number of benzene rings is 1. The molecule has 24 heavy (non-hydrogen) atoms. The van der Waals surface area contributed by atoms with Crippen molar-refractivity contribution in [1.29, 1.82) is 0 Å². The first-order valence-electron chi connectivity index (χ1n) is 7.58. The number of halogens is 1. The van der Waals surface area contributed by atoms with Crippen LogP contribution < -0.4 is 15.6 Å². The third-order valence-electron chi connectivity index (χ3n) is 4.18. The van der Waals surface area contributed by atoms with Crippen LogP contribution in [-0.4, -0.2) is 71.4 Å². The molecule has 6 nitrogen and oxygen atoms in total. The Kier molecular flexibility index (Phi) is 6.03. The second-order valence-corrected chi connectivity index (χ2v) is 5.52. The number of carboxylic acids is 1. The fourth-order valence-corrected chi connectivity index (χ4v) is 2.96. The van der Waals surface area contributed by atoms with E-state index in [-0.39, 0.29) is 40.5 Å². The smallest absolute Gasteiger partial charge is 0.341 e. The van der Waals surface area contributed by atoms with Crippen LogP contribution in [0.1, 0.15) is 17.3 Å². The van der Waals surface area contributed by atoms with Crippen LogP contribution in [0.15, 0.2) is 23.1 Å². The molecule has 1 saturated heterocycles. The van der Waals surface area contributed by atoms with E-state index in [4.69, 9.17) is 5.11 Å². The monoisotopic (exact) mass is 342 g/mol. The van der Waals surface area contributed by atoms with Gasteiger partial charge in [-0.15, -0.1) is 0 Å². The zero-order chi connectivity index (χ0) is 16.6. The van der Waals surface area contributed by atoms with E-state index in [2.05, 4.69) is 5.32 Å². The van der Waals surface area contributed by atoms with Gasteiger partial charge in [0.15, 0.2) is 0 Å². The molecular weight excluding hydrogens is 324 g/mol. The van der Waals surface area contributed by atoms with Crippen LogP contribution in [-0.2, 0) is 6.54 Å². The maximum Gasteiger partial charge on any atom is 0.341 e. The Morgan fingerprint density at radius 1 is 1.33 bits per heavy atom. The van der Waals surface area contributed by atoms with Gasteiger partial charge < -0.3 is 19.9 Å². The van der Waals surface area contributed by atoms with E-state index in [1.54, 1.807) is 10.6 Å². The summed E-state index contributed by atoms with van der Waals surface area (Å²) in [5, 5.41) is 12.5. The molecule has 1 aromatic heterocycles. The molecule has 0 saturated carbocycles. The third kappa shape index (κ3) is 3.35. The molecule has 0 atom stereocenters. The van der Waals surface area contributed by atoms with Crippen molar-refractivity contribution in [2.75, 3.05) is 31.1 Å². The second kappa shape index (κ2) is 7.65. The predicted molar refractivity (Wildman–Crippen MR) is 91.6 cm³/mol. The normalized spacial score (nSPS) is 14.5. The van der Waals surface area contributed by atoms with Crippen molar-refractivity contribution >= 4 is 52.1 Å². The molecule has 1 aliphatic heterocycles. The van der Waals surface area contributed by atoms with E-state index in [1.165, 1.54) is 6.20 Å². The Hall–Kier alpha value is -1.41. The van der Waals surface area contributed by atoms with E-state index >= 15 is 0 Å². The average molecular weight is 342 g/mol. The SMILES string of the molecule is CCn1cc(C(=O)O)c(=O)c2cc(F)c(N3CCNCC3)cc21.[Na].